The van der Waals surface area contributed by atoms with Crippen LogP contribution in [0.5, 0.6) is 0 Å². The highest BCUT2D eigenvalue weighted by atomic mass is 14.8. The molecule has 0 radical (unpaired) electrons. The summed E-state index contributed by atoms with van der Waals surface area (Å²) >= 11 is 0. The number of aryl methyl sites for hydroxylation is 1. The molecule has 2 aromatic rings. The van der Waals surface area contributed by atoms with E-state index >= 15 is 0 Å². The molecule has 0 unspecified atom stereocenters. The topological polar surface area (TPSA) is 25.2 Å². The van der Waals surface area contributed by atoms with Crippen molar-refractivity contribution >= 4 is 5.71 Å². The molecule has 0 amide bonds. The van der Waals surface area contributed by atoms with Crippen LogP contribution in [0.25, 0.3) is 0 Å². The molecule has 0 atom stereocenters. The van der Waals surface area contributed by atoms with Crippen LogP contribution in [0.2, 0.25) is 0 Å². The number of hydrogen-bond donors (Lipinski definition) is 0. The summed E-state index contributed by atoms with van der Waals surface area (Å²) in [6, 6.07) is 10.5. The summed E-state index contributed by atoms with van der Waals surface area (Å²) in [4.78, 5) is 8.82. The normalized spacial score (nSPS) is 13.4. The lowest BCUT2D eigenvalue weighted by Gasteiger charge is -2.06. The van der Waals surface area contributed by atoms with Crippen molar-refractivity contribution in [2.45, 2.75) is 19.9 Å². The van der Waals surface area contributed by atoms with E-state index in [0.717, 1.165) is 13.0 Å². The minimum atomic E-state index is 0.824. The first kappa shape index (κ1) is 10.2. The fraction of sp³-hybridized carbons (Fsp3) is 0.200. The molecule has 1 aromatic carbocycles. The van der Waals surface area contributed by atoms with Crippen LogP contribution in [0.4, 0.5) is 0 Å². The van der Waals surface area contributed by atoms with E-state index in [1.807, 2.05) is 12.4 Å². The Labute approximate surface area is 101 Å². The fourth-order valence-electron chi connectivity index (χ4n) is 2.22. The number of hydrogen-bond acceptors (Lipinski definition) is 2. The molecule has 2 nitrogen and oxygen atoms in total. The van der Waals surface area contributed by atoms with Gasteiger partial charge in [-0.2, -0.15) is 0 Å². The molecule has 0 N–H and O–H groups in total. The highest BCUT2D eigenvalue weighted by molar-refractivity contribution is 6.04. The average Bonchev–Trinajstić information content (AvgIpc) is 2.76. The van der Waals surface area contributed by atoms with Gasteiger partial charge in [-0.05, 0) is 29.7 Å². The van der Waals surface area contributed by atoms with Gasteiger partial charge in [-0.1, -0.05) is 24.3 Å². The van der Waals surface area contributed by atoms with Crippen LogP contribution in [0, 0.1) is 6.92 Å². The Morgan fingerprint density at radius 2 is 2.06 bits per heavy atom. The van der Waals surface area contributed by atoms with Crippen molar-refractivity contribution in [2.24, 2.45) is 4.99 Å². The first-order valence-corrected chi connectivity index (χ1v) is 5.85. The first-order valence-electron chi connectivity index (χ1n) is 5.85. The van der Waals surface area contributed by atoms with Gasteiger partial charge in [-0.25, -0.2) is 0 Å². The second-order valence-electron chi connectivity index (χ2n) is 4.40. The van der Waals surface area contributed by atoms with E-state index in [4.69, 9.17) is 0 Å². The van der Waals surface area contributed by atoms with E-state index in [0.29, 0.717) is 0 Å². The standard InChI is InChI=1S/C15H14N2/c1-11-6-7-16-9-13(11)8-15-14-5-3-2-4-12(14)10-17-15/h2-7,9H,8,10H2,1H3. The third-order valence-corrected chi connectivity index (χ3v) is 3.27. The molecule has 2 heterocycles. The largest absolute Gasteiger partial charge is 0.284 e. The summed E-state index contributed by atoms with van der Waals surface area (Å²) in [6.45, 7) is 2.95. The molecule has 84 valence electrons. The molecule has 1 aliphatic heterocycles. The molecule has 0 spiro atoms. The molecule has 0 bridgehead atoms. The number of rotatable bonds is 2. The van der Waals surface area contributed by atoms with Gasteiger partial charge in [0, 0.05) is 30.1 Å². The van der Waals surface area contributed by atoms with E-state index in [2.05, 4.69) is 47.2 Å². The smallest absolute Gasteiger partial charge is 0.0649 e. The van der Waals surface area contributed by atoms with Crippen molar-refractivity contribution in [1.82, 2.24) is 4.98 Å². The predicted octanol–water partition coefficient (Wildman–Crippen LogP) is 2.94. The summed E-state index contributed by atoms with van der Waals surface area (Å²) in [5.41, 5.74) is 6.38. The molecule has 0 saturated carbocycles. The summed E-state index contributed by atoms with van der Waals surface area (Å²) in [7, 11) is 0. The summed E-state index contributed by atoms with van der Waals surface area (Å²) in [5, 5.41) is 0. The zero-order valence-electron chi connectivity index (χ0n) is 9.85. The van der Waals surface area contributed by atoms with Crippen LogP contribution in [-0.2, 0) is 13.0 Å². The Hall–Kier alpha value is -1.96. The monoisotopic (exact) mass is 222 g/mol. The van der Waals surface area contributed by atoms with E-state index in [-0.39, 0.29) is 0 Å². The van der Waals surface area contributed by atoms with Crippen molar-refractivity contribution in [3.8, 4) is 0 Å². The Bertz CT molecular complexity index is 585. The number of aromatic nitrogens is 1. The molecular formula is C15H14N2. The minimum absolute atomic E-state index is 0.824. The Morgan fingerprint density at radius 3 is 2.94 bits per heavy atom. The van der Waals surface area contributed by atoms with E-state index in [1.54, 1.807) is 0 Å². The lowest BCUT2D eigenvalue weighted by Crippen LogP contribution is -2.04. The number of aliphatic imine (C=N–C) groups is 1. The number of benzene rings is 1. The van der Waals surface area contributed by atoms with Crippen LogP contribution in [0.15, 0.2) is 47.7 Å². The summed E-state index contributed by atoms with van der Waals surface area (Å²) in [5.74, 6) is 0. The maximum absolute atomic E-state index is 4.63. The SMILES string of the molecule is Cc1ccncc1CC1=NCc2ccccc21. The Morgan fingerprint density at radius 1 is 1.18 bits per heavy atom. The molecule has 1 aliphatic rings. The van der Waals surface area contributed by atoms with Crippen LogP contribution in [-0.4, -0.2) is 10.7 Å². The van der Waals surface area contributed by atoms with Gasteiger partial charge in [0.1, 0.15) is 0 Å². The first-order chi connectivity index (χ1) is 8.34. The number of fused-ring (bicyclic) bond motifs is 1. The lowest BCUT2D eigenvalue weighted by atomic mass is 9.99. The van der Waals surface area contributed by atoms with Gasteiger partial charge in [0.25, 0.3) is 0 Å². The predicted molar refractivity (Wildman–Crippen MR) is 69.4 cm³/mol. The quantitative estimate of drug-likeness (QED) is 0.767. The minimum Gasteiger partial charge on any atom is -0.284 e. The lowest BCUT2D eigenvalue weighted by molar-refractivity contribution is 1.10. The molecule has 17 heavy (non-hydrogen) atoms. The maximum atomic E-state index is 4.63. The van der Waals surface area contributed by atoms with Crippen molar-refractivity contribution in [2.75, 3.05) is 0 Å². The van der Waals surface area contributed by atoms with Crippen LogP contribution < -0.4 is 0 Å². The third-order valence-electron chi connectivity index (χ3n) is 3.27. The van der Waals surface area contributed by atoms with Gasteiger partial charge in [-0.15, -0.1) is 0 Å². The van der Waals surface area contributed by atoms with Crippen molar-refractivity contribution in [3.05, 3.63) is 65.0 Å². The number of nitrogens with zero attached hydrogens (tertiary/aromatic N) is 2. The molecule has 1 aromatic heterocycles. The average molecular weight is 222 g/mol. The van der Waals surface area contributed by atoms with E-state index in [1.165, 1.54) is 28.0 Å². The van der Waals surface area contributed by atoms with Gasteiger partial charge in [0.15, 0.2) is 0 Å². The maximum Gasteiger partial charge on any atom is 0.0649 e. The van der Waals surface area contributed by atoms with Gasteiger partial charge < -0.3 is 0 Å². The van der Waals surface area contributed by atoms with E-state index < -0.39 is 0 Å². The van der Waals surface area contributed by atoms with Gasteiger partial charge >= 0.3 is 0 Å². The Kier molecular flexibility index (Phi) is 2.48. The van der Waals surface area contributed by atoms with E-state index in [9.17, 15) is 0 Å². The zero-order valence-corrected chi connectivity index (χ0v) is 9.85. The number of pyridine rings is 1. The Balaban J connectivity index is 1.92. The van der Waals surface area contributed by atoms with Crippen molar-refractivity contribution in [3.63, 3.8) is 0 Å². The van der Waals surface area contributed by atoms with Crippen LogP contribution >= 0.6 is 0 Å². The van der Waals surface area contributed by atoms with Crippen LogP contribution in [0.1, 0.15) is 22.3 Å². The molecule has 0 saturated heterocycles. The fourth-order valence-corrected chi connectivity index (χ4v) is 2.22. The second kappa shape index (κ2) is 4.13. The van der Waals surface area contributed by atoms with Gasteiger partial charge in [0.05, 0.1) is 6.54 Å². The highest BCUT2D eigenvalue weighted by Gasteiger charge is 2.15. The molecule has 0 fully saturated rings. The zero-order chi connectivity index (χ0) is 11.7. The van der Waals surface area contributed by atoms with Crippen LogP contribution in [0.3, 0.4) is 0 Å². The van der Waals surface area contributed by atoms with Gasteiger partial charge in [0.2, 0.25) is 0 Å². The molecular weight excluding hydrogens is 208 g/mol. The van der Waals surface area contributed by atoms with Gasteiger partial charge in [-0.3, -0.25) is 9.98 Å². The van der Waals surface area contributed by atoms with Crippen molar-refractivity contribution in [1.29, 1.82) is 0 Å². The molecule has 2 heteroatoms. The summed E-state index contributed by atoms with van der Waals surface area (Å²) < 4.78 is 0. The second-order valence-corrected chi connectivity index (χ2v) is 4.40. The van der Waals surface area contributed by atoms with Crippen molar-refractivity contribution < 1.29 is 0 Å². The molecule has 3 rings (SSSR count). The highest BCUT2D eigenvalue weighted by Crippen LogP contribution is 2.21. The summed E-state index contributed by atoms with van der Waals surface area (Å²) in [6.07, 6.45) is 4.67. The third kappa shape index (κ3) is 1.86. The molecule has 0 aliphatic carbocycles.